The Balaban J connectivity index is 0.00000190. The maximum Gasteiger partial charge on any atom is 0.312 e. The fraction of sp³-hybridized carbons (Fsp3) is 0.222. The van der Waals surface area contributed by atoms with Crippen molar-refractivity contribution in [2.75, 3.05) is 17.4 Å². The first-order valence-corrected chi connectivity index (χ1v) is 11.3. The van der Waals surface area contributed by atoms with E-state index in [0.29, 0.717) is 22.9 Å². The molecule has 8 heteroatoms. The van der Waals surface area contributed by atoms with Gasteiger partial charge in [0.1, 0.15) is 6.42 Å². The van der Waals surface area contributed by atoms with Gasteiger partial charge in [-0.05, 0) is 78.4 Å². The molecule has 0 atom stereocenters. The molecule has 5 rings (SSSR count). The van der Waals surface area contributed by atoms with Gasteiger partial charge in [0.15, 0.2) is 11.5 Å². The molecule has 35 heavy (non-hydrogen) atoms. The molecule has 1 fully saturated rings. The number of fused-ring (bicyclic) bond motifs is 1. The standard InChI is InChI=1S/C27H24N2O6.2H2/c1-16-2-6-20(13-21(16)17-3-7-19(8-4-17)28-24(30)14-25(31)32)29-26(33)27(10-11-27)18-5-9-22-23(12-18)35-15-34-22;;/h2-9,12-13H,10-11,14-15H2,1H3,(H,28,30)(H,29,33)(H,31,32);2*1H. The van der Waals surface area contributed by atoms with Gasteiger partial charge in [-0.1, -0.05) is 24.3 Å². The monoisotopic (exact) mass is 476 g/mol. The normalized spacial score (nSPS) is 14.8. The van der Waals surface area contributed by atoms with Crippen LogP contribution >= 0.6 is 0 Å². The Bertz CT molecular complexity index is 1340. The number of benzene rings is 3. The van der Waals surface area contributed by atoms with Crippen molar-refractivity contribution in [3.8, 4) is 22.6 Å². The van der Waals surface area contributed by atoms with E-state index in [0.717, 1.165) is 35.1 Å². The molecule has 0 radical (unpaired) electrons. The van der Waals surface area contributed by atoms with Gasteiger partial charge in [-0.3, -0.25) is 14.4 Å². The largest absolute Gasteiger partial charge is 0.481 e. The van der Waals surface area contributed by atoms with Crippen molar-refractivity contribution in [3.05, 3.63) is 71.8 Å². The van der Waals surface area contributed by atoms with Gasteiger partial charge < -0.3 is 25.2 Å². The van der Waals surface area contributed by atoms with Gasteiger partial charge in [-0.25, -0.2) is 0 Å². The van der Waals surface area contributed by atoms with Gasteiger partial charge >= 0.3 is 5.97 Å². The molecule has 0 unspecified atom stereocenters. The lowest BCUT2D eigenvalue weighted by Gasteiger charge is -2.17. The van der Waals surface area contributed by atoms with Crippen molar-refractivity contribution in [2.45, 2.75) is 31.6 Å². The van der Waals surface area contributed by atoms with E-state index < -0.39 is 23.7 Å². The van der Waals surface area contributed by atoms with Crippen molar-refractivity contribution < 1.29 is 31.8 Å². The van der Waals surface area contributed by atoms with Crippen molar-refractivity contribution in [2.24, 2.45) is 0 Å². The van der Waals surface area contributed by atoms with Crippen molar-refractivity contribution >= 4 is 29.2 Å². The Kier molecular flexibility index (Phi) is 5.64. The average molecular weight is 477 g/mol. The highest BCUT2D eigenvalue weighted by Gasteiger charge is 2.51. The Morgan fingerprint density at radius 3 is 2.34 bits per heavy atom. The van der Waals surface area contributed by atoms with Gasteiger partial charge in [0.2, 0.25) is 18.6 Å². The Morgan fingerprint density at radius 2 is 1.63 bits per heavy atom. The number of hydrogen-bond donors (Lipinski definition) is 3. The third kappa shape index (κ3) is 4.55. The van der Waals surface area contributed by atoms with Crippen LogP contribution in [0.3, 0.4) is 0 Å². The molecule has 0 spiro atoms. The van der Waals surface area contributed by atoms with E-state index in [4.69, 9.17) is 14.6 Å². The molecule has 1 heterocycles. The van der Waals surface area contributed by atoms with Crippen LogP contribution in [0.15, 0.2) is 60.7 Å². The molecule has 1 saturated carbocycles. The molecule has 3 aromatic rings. The van der Waals surface area contributed by atoms with E-state index in [2.05, 4.69) is 10.6 Å². The molecular formula is C27H28N2O6. The van der Waals surface area contributed by atoms with Crippen LogP contribution in [0.25, 0.3) is 11.1 Å². The van der Waals surface area contributed by atoms with Gasteiger partial charge in [-0.15, -0.1) is 0 Å². The van der Waals surface area contributed by atoms with Crippen LogP contribution < -0.4 is 20.1 Å². The predicted molar refractivity (Wildman–Crippen MR) is 134 cm³/mol. The molecule has 0 aromatic heterocycles. The van der Waals surface area contributed by atoms with Crippen LogP contribution in [0.5, 0.6) is 11.5 Å². The van der Waals surface area contributed by atoms with Crippen molar-refractivity contribution in [1.29, 1.82) is 0 Å². The first kappa shape index (κ1) is 22.5. The highest BCUT2D eigenvalue weighted by atomic mass is 16.7. The van der Waals surface area contributed by atoms with Gasteiger partial charge in [0.05, 0.1) is 5.41 Å². The van der Waals surface area contributed by atoms with Gasteiger partial charge in [0, 0.05) is 14.2 Å². The minimum absolute atomic E-state index is 0. The van der Waals surface area contributed by atoms with E-state index in [9.17, 15) is 14.4 Å². The fourth-order valence-corrected chi connectivity index (χ4v) is 4.30. The van der Waals surface area contributed by atoms with E-state index in [1.807, 2.05) is 55.5 Å². The number of anilines is 2. The lowest BCUT2D eigenvalue weighted by Crippen LogP contribution is -2.27. The molecule has 1 aliphatic carbocycles. The number of carboxylic acid groups (broad SMARTS) is 1. The number of carbonyl (C=O) groups excluding carboxylic acids is 2. The molecular weight excluding hydrogens is 448 g/mol. The first-order chi connectivity index (χ1) is 16.8. The summed E-state index contributed by atoms with van der Waals surface area (Å²) in [6.45, 7) is 2.18. The van der Waals surface area contributed by atoms with E-state index >= 15 is 0 Å². The van der Waals surface area contributed by atoms with Crippen LogP contribution in [0.1, 0.15) is 33.2 Å². The molecule has 8 nitrogen and oxygen atoms in total. The maximum absolute atomic E-state index is 13.3. The summed E-state index contributed by atoms with van der Waals surface area (Å²) in [5.41, 5.74) is 4.45. The van der Waals surface area contributed by atoms with Gasteiger partial charge in [-0.2, -0.15) is 0 Å². The van der Waals surface area contributed by atoms with Crippen LogP contribution in [-0.4, -0.2) is 29.7 Å². The second-order valence-electron chi connectivity index (χ2n) is 8.83. The number of rotatable bonds is 7. The average Bonchev–Trinajstić information content (AvgIpc) is 3.51. The number of carboxylic acids is 1. The minimum Gasteiger partial charge on any atom is -0.481 e. The zero-order valence-electron chi connectivity index (χ0n) is 19.1. The van der Waals surface area contributed by atoms with E-state index in [1.54, 1.807) is 12.1 Å². The summed E-state index contributed by atoms with van der Waals surface area (Å²) in [6, 6.07) is 18.6. The second-order valence-corrected chi connectivity index (χ2v) is 8.83. The highest BCUT2D eigenvalue weighted by Crippen LogP contribution is 2.51. The second kappa shape index (κ2) is 8.79. The summed E-state index contributed by atoms with van der Waals surface area (Å²) in [7, 11) is 0. The molecule has 2 aliphatic rings. The SMILES string of the molecule is Cc1ccc(NC(=O)C2(c3ccc4c(c3)OCO4)CC2)cc1-c1ccc(NC(=O)CC(=O)O)cc1.[HH].[HH]. The summed E-state index contributed by atoms with van der Waals surface area (Å²) in [6.07, 6.45) is 0.953. The number of amides is 2. The topological polar surface area (TPSA) is 114 Å². The summed E-state index contributed by atoms with van der Waals surface area (Å²) in [5.74, 6) is -0.451. The Labute approximate surface area is 204 Å². The first-order valence-electron chi connectivity index (χ1n) is 11.3. The van der Waals surface area contributed by atoms with Crippen LogP contribution in [-0.2, 0) is 19.8 Å². The van der Waals surface area contributed by atoms with E-state index in [-0.39, 0.29) is 15.6 Å². The van der Waals surface area contributed by atoms with Crippen LogP contribution in [0, 0.1) is 6.92 Å². The van der Waals surface area contributed by atoms with Crippen molar-refractivity contribution in [3.63, 3.8) is 0 Å². The third-order valence-electron chi connectivity index (χ3n) is 6.40. The number of hydrogen-bond acceptors (Lipinski definition) is 5. The molecule has 0 saturated heterocycles. The highest BCUT2D eigenvalue weighted by molar-refractivity contribution is 6.02. The molecule has 2 amide bonds. The lowest BCUT2D eigenvalue weighted by atomic mass is 9.94. The lowest BCUT2D eigenvalue weighted by molar-refractivity contribution is -0.139. The maximum atomic E-state index is 13.3. The Hall–Kier alpha value is -4.33. The quantitative estimate of drug-likeness (QED) is 0.415. The molecule has 3 N–H and O–H groups in total. The summed E-state index contributed by atoms with van der Waals surface area (Å²) in [5, 5.41) is 14.4. The summed E-state index contributed by atoms with van der Waals surface area (Å²) < 4.78 is 10.9. The zero-order valence-corrected chi connectivity index (χ0v) is 19.1. The smallest absolute Gasteiger partial charge is 0.312 e. The number of carbonyl (C=O) groups is 3. The zero-order chi connectivity index (χ0) is 24.6. The molecule has 3 aromatic carbocycles. The number of aliphatic carboxylic acids is 1. The van der Waals surface area contributed by atoms with Gasteiger partial charge in [0.25, 0.3) is 0 Å². The minimum atomic E-state index is -1.18. The van der Waals surface area contributed by atoms with Crippen LogP contribution in [0.4, 0.5) is 11.4 Å². The number of ether oxygens (including phenoxy) is 2. The Morgan fingerprint density at radius 1 is 0.914 bits per heavy atom. The predicted octanol–water partition coefficient (Wildman–Crippen LogP) is 4.97. The fourth-order valence-electron chi connectivity index (χ4n) is 4.30. The summed E-state index contributed by atoms with van der Waals surface area (Å²) >= 11 is 0. The molecule has 0 bridgehead atoms. The molecule has 182 valence electrons. The summed E-state index contributed by atoms with van der Waals surface area (Å²) in [4.78, 5) is 35.6. The van der Waals surface area contributed by atoms with Crippen molar-refractivity contribution in [1.82, 2.24) is 0 Å². The third-order valence-corrected chi connectivity index (χ3v) is 6.40. The number of aryl methyl sites for hydroxylation is 1. The van der Waals surface area contributed by atoms with Crippen LogP contribution in [0.2, 0.25) is 0 Å². The molecule has 1 aliphatic heterocycles. The van der Waals surface area contributed by atoms with E-state index in [1.165, 1.54) is 0 Å². The number of nitrogens with one attached hydrogen (secondary N) is 2.